The van der Waals surface area contributed by atoms with E-state index in [-0.39, 0.29) is 17.6 Å². The van der Waals surface area contributed by atoms with Crippen LogP contribution in [0.4, 0.5) is 0 Å². The van der Waals surface area contributed by atoms with Crippen LogP contribution in [-0.4, -0.2) is 16.9 Å². The highest BCUT2D eigenvalue weighted by atomic mass is 16.4. The number of Topliss-reactive ketones (excluding diaryl/α,β-unsaturated/α-hetero) is 1. The number of benzene rings is 1. The molecule has 2 rings (SSSR count). The lowest BCUT2D eigenvalue weighted by atomic mass is 9.64. The van der Waals surface area contributed by atoms with E-state index < -0.39 is 5.97 Å². The van der Waals surface area contributed by atoms with Gasteiger partial charge in [0.25, 0.3) is 0 Å². The quantitative estimate of drug-likeness (QED) is 0.759. The Bertz CT molecular complexity index is 573. The molecular formula is C21H30O3. The Morgan fingerprint density at radius 2 is 1.75 bits per heavy atom. The number of rotatable bonds is 6. The van der Waals surface area contributed by atoms with Crippen LogP contribution in [0.1, 0.15) is 62.9 Å². The van der Waals surface area contributed by atoms with Crippen molar-refractivity contribution in [2.75, 3.05) is 0 Å². The van der Waals surface area contributed by atoms with Crippen LogP contribution >= 0.6 is 0 Å². The Labute approximate surface area is 145 Å². The van der Waals surface area contributed by atoms with Crippen molar-refractivity contribution in [3.05, 3.63) is 35.4 Å². The zero-order valence-electron chi connectivity index (χ0n) is 15.3. The van der Waals surface area contributed by atoms with E-state index in [1.165, 1.54) is 6.42 Å². The molecule has 1 aromatic carbocycles. The molecule has 0 radical (unpaired) electrons. The SMILES string of the molecule is CC(=O)c1ccc(CC(C(=O)O)C2CC(C)CCC2C(C)C)cc1. The van der Waals surface area contributed by atoms with Gasteiger partial charge in [-0.2, -0.15) is 0 Å². The van der Waals surface area contributed by atoms with E-state index in [1.54, 1.807) is 19.1 Å². The average Bonchev–Trinajstić information content (AvgIpc) is 2.52. The van der Waals surface area contributed by atoms with Gasteiger partial charge in [-0.1, -0.05) is 51.5 Å². The van der Waals surface area contributed by atoms with Crippen LogP contribution < -0.4 is 0 Å². The van der Waals surface area contributed by atoms with Gasteiger partial charge in [-0.25, -0.2) is 0 Å². The summed E-state index contributed by atoms with van der Waals surface area (Å²) in [5.41, 5.74) is 1.69. The summed E-state index contributed by atoms with van der Waals surface area (Å²) >= 11 is 0. The molecule has 0 saturated heterocycles. The fourth-order valence-electron chi connectivity index (χ4n) is 4.29. The highest BCUT2D eigenvalue weighted by Gasteiger charge is 2.39. The molecule has 3 heteroatoms. The Kier molecular flexibility index (Phi) is 6.20. The van der Waals surface area contributed by atoms with Gasteiger partial charge in [0, 0.05) is 5.56 Å². The minimum absolute atomic E-state index is 0.0392. The van der Waals surface area contributed by atoms with E-state index in [1.807, 2.05) is 12.1 Å². The maximum Gasteiger partial charge on any atom is 0.307 e. The molecule has 0 aromatic heterocycles. The lowest BCUT2D eigenvalue weighted by Gasteiger charge is -2.40. The third-order valence-corrected chi connectivity index (χ3v) is 5.72. The second-order valence-corrected chi connectivity index (χ2v) is 7.89. The van der Waals surface area contributed by atoms with Crippen LogP contribution in [0.25, 0.3) is 0 Å². The minimum Gasteiger partial charge on any atom is -0.481 e. The van der Waals surface area contributed by atoms with Gasteiger partial charge in [0.1, 0.15) is 0 Å². The molecule has 1 saturated carbocycles. The van der Waals surface area contributed by atoms with Crippen molar-refractivity contribution in [2.24, 2.45) is 29.6 Å². The molecule has 0 heterocycles. The van der Waals surface area contributed by atoms with Gasteiger partial charge in [0.05, 0.1) is 5.92 Å². The molecule has 4 unspecified atom stereocenters. The third-order valence-electron chi connectivity index (χ3n) is 5.72. The van der Waals surface area contributed by atoms with Gasteiger partial charge in [-0.05, 0) is 55.4 Å². The Balaban J connectivity index is 2.21. The van der Waals surface area contributed by atoms with Crippen molar-refractivity contribution in [1.82, 2.24) is 0 Å². The third kappa shape index (κ3) is 4.46. The van der Waals surface area contributed by atoms with Gasteiger partial charge >= 0.3 is 5.97 Å². The van der Waals surface area contributed by atoms with Crippen molar-refractivity contribution in [1.29, 1.82) is 0 Å². The minimum atomic E-state index is -0.685. The van der Waals surface area contributed by atoms with Gasteiger partial charge in [0.2, 0.25) is 0 Å². The number of carboxylic acid groups (broad SMARTS) is 1. The molecular weight excluding hydrogens is 300 g/mol. The number of aliphatic carboxylic acids is 1. The van der Waals surface area contributed by atoms with Crippen molar-refractivity contribution in [2.45, 2.75) is 53.4 Å². The molecule has 1 fully saturated rings. The van der Waals surface area contributed by atoms with E-state index in [2.05, 4.69) is 20.8 Å². The summed E-state index contributed by atoms with van der Waals surface area (Å²) in [6, 6.07) is 7.42. The van der Waals surface area contributed by atoms with Gasteiger partial charge in [-0.15, -0.1) is 0 Å². The highest BCUT2D eigenvalue weighted by Crippen LogP contribution is 2.42. The van der Waals surface area contributed by atoms with Crippen molar-refractivity contribution in [3.63, 3.8) is 0 Å². The van der Waals surface area contributed by atoms with Gasteiger partial charge in [0.15, 0.2) is 5.78 Å². The predicted octanol–water partition coefficient (Wildman–Crippen LogP) is 4.84. The average molecular weight is 330 g/mol. The van der Waals surface area contributed by atoms with E-state index in [9.17, 15) is 14.7 Å². The summed E-state index contributed by atoms with van der Waals surface area (Å²) in [4.78, 5) is 23.4. The Morgan fingerprint density at radius 1 is 1.12 bits per heavy atom. The summed E-state index contributed by atoms with van der Waals surface area (Å²) in [6.07, 6.45) is 3.90. The number of carboxylic acids is 1. The number of carbonyl (C=O) groups is 2. The lowest BCUT2D eigenvalue weighted by Crippen LogP contribution is -2.37. The van der Waals surface area contributed by atoms with E-state index in [4.69, 9.17) is 0 Å². The number of carbonyl (C=O) groups excluding carboxylic acids is 1. The normalized spacial score (nSPS) is 25.5. The van der Waals surface area contributed by atoms with Crippen LogP contribution in [0.2, 0.25) is 0 Å². The predicted molar refractivity (Wildman–Crippen MR) is 96.1 cm³/mol. The Hall–Kier alpha value is -1.64. The Morgan fingerprint density at radius 3 is 2.25 bits per heavy atom. The number of hydrogen-bond acceptors (Lipinski definition) is 2. The first-order valence-electron chi connectivity index (χ1n) is 9.12. The van der Waals surface area contributed by atoms with Crippen molar-refractivity contribution < 1.29 is 14.7 Å². The fourth-order valence-corrected chi connectivity index (χ4v) is 4.29. The van der Waals surface area contributed by atoms with E-state index in [0.29, 0.717) is 29.7 Å². The van der Waals surface area contributed by atoms with Gasteiger partial charge < -0.3 is 5.11 Å². The topological polar surface area (TPSA) is 54.4 Å². The maximum atomic E-state index is 12.0. The second-order valence-electron chi connectivity index (χ2n) is 7.89. The zero-order valence-corrected chi connectivity index (χ0v) is 15.3. The molecule has 1 aliphatic rings. The van der Waals surface area contributed by atoms with Crippen LogP contribution in [0.3, 0.4) is 0 Å². The lowest BCUT2D eigenvalue weighted by molar-refractivity contribution is -0.145. The monoisotopic (exact) mass is 330 g/mol. The molecule has 0 spiro atoms. The summed E-state index contributed by atoms with van der Waals surface area (Å²) in [5, 5.41) is 9.86. The molecule has 0 aliphatic heterocycles. The molecule has 3 nitrogen and oxygen atoms in total. The molecule has 24 heavy (non-hydrogen) atoms. The molecule has 132 valence electrons. The zero-order chi connectivity index (χ0) is 17.9. The standard InChI is InChI=1S/C21H30O3/c1-13(2)18-10-5-14(3)11-19(18)20(21(23)24)12-16-6-8-17(9-7-16)15(4)22/h6-9,13-14,18-20H,5,10-12H2,1-4H3,(H,23,24). The fraction of sp³-hybridized carbons (Fsp3) is 0.619. The largest absolute Gasteiger partial charge is 0.481 e. The van der Waals surface area contributed by atoms with Crippen LogP contribution in [0.15, 0.2) is 24.3 Å². The molecule has 0 bridgehead atoms. The van der Waals surface area contributed by atoms with E-state index in [0.717, 1.165) is 18.4 Å². The first-order valence-corrected chi connectivity index (χ1v) is 9.12. The summed E-state index contributed by atoms with van der Waals surface area (Å²) in [6.45, 7) is 8.22. The van der Waals surface area contributed by atoms with Gasteiger partial charge in [-0.3, -0.25) is 9.59 Å². The summed E-state index contributed by atoms with van der Waals surface area (Å²) < 4.78 is 0. The summed E-state index contributed by atoms with van der Waals surface area (Å²) in [7, 11) is 0. The van der Waals surface area contributed by atoms with E-state index >= 15 is 0 Å². The van der Waals surface area contributed by atoms with Crippen LogP contribution in [0, 0.1) is 29.6 Å². The van der Waals surface area contributed by atoms with Crippen LogP contribution in [-0.2, 0) is 11.2 Å². The molecule has 1 aromatic rings. The smallest absolute Gasteiger partial charge is 0.307 e. The molecule has 1 N–H and O–H groups in total. The first kappa shape index (κ1) is 18.7. The number of hydrogen-bond donors (Lipinski definition) is 1. The molecule has 1 aliphatic carbocycles. The number of ketones is 1. The first-order chi connectivity index (χ1) is 11.3. The molecule has 4 atom stereocenters. The molecule has 0 amide bonds. The van der Waals surface area contributed by atoms with Crippen LogP contribution in [0.5, 0.6) is 0 Å². The van der Waals surface area contributed by atoms with Crippen molar-refractivity contribution in [3.8, 4) is 0 Å². The van der Waals surface area contributed by atoms with Crippen molar-refractivity contribution >= 4 is 11.8 Å². The highest BCUT2D eigenvalue weighted by molar-refractivity contribution is 5.94. The second kappa shape index (κ2) is 7.96. The summed E-state index contributed by atoms with van der Waals surface area (Å²) in [5.74, 6) is 0.852. The maximum absolute atomic E-state index is 12.0.